The van der Waals surface area contributed by atoms with E-state index in [1.54, 1.807) is 12.1 Å². The van der Waals surface area contributed by atoms with Crippen molar-refractivity contribution in [1.82, 2.24) is 5.32 Å². The van der Waals surface area contributed by atoms with Gasteiger partial charge in [0.1, 0.15) is 6.04 Å². The van der Waals surface area contributed by atoms with Gasteiger partial charge in [-0.2, -0.15) is 0 Å². The fourth-order valence-electron chi connectivity index (χ4n) is 2.92. The zero-order chi connectivity index (χ0) is 19.9. The predicted octanol–water partition coefficient (Wildman–Crippen LogP) is 4.47. The van der Waals surface area contributed by atoms with Crippen LogP contribution in [0, 0.1) is 3.57 Å². The van der Waals surface area contributed by atoms with E-state index in [1.165, 1.54) is 7.11 Å². The largest absolute Gasteiger partial charge is 0.467 e. The molecule has 0 aliphatic heterocycles. The zero-order valence-corrected chi connectivity index (χ0v) is 17.6. The van der Waals surface area contributed by atoms with Crippen molar-refractivity contribution in [3.05, 3.63) is 93.6 Å². The molecule has 5 heteroatoms. The van der Waals surface area contributed by atoms with Crippen LogP contribution in [-0.2, 0) is 16.0 Å². The Bertz CT molecular complexity index is 955. The van der Waals surface area contributed by atoms with Gasteiger partial charge in [0.25, 0.3) is 5.91 Å². The van der Waals surface area contributed by atoms with E-state index in [9.17, 15) is 9.59 Å². The number of halogens is 1. The van der Waals surface area contributed by atoms with Crippen LogP contribution in [0.4, 0.5) is 0 Å². The third-order valence-electron chi connectivity index (χ3n) is 4.37. The molecule has 0 aliphatic rings. The summed E-state index contributed by atoms with van der Waals surface area (Å²) in [5, 5.41) is 2.80. The smallest absolute Gasteiger partial charge is 0.328 e. The number of nitrogens with one attached hydrogen (secondary N) is 1. The Morgan fingerprint density at radius 3 is 2.25 bits per heavy atom. The number of hydrogen-bond acceptors (Lipinski definition) is 3. The summed E-state index contributed by atoms with van der Waals surface area (Å²) < 4.78 is 5.94. The molecule has 1 atom stereocenters. The molecule has 28 heavy (non-hydrogen) atoms. The normalized spacial score (nSPS) is 11.5. The van der Waals surface area contributed by atoms with Crippen molar-refractivity contribution < 1.29 is 14.3 Å². The first-order valence-electron chi connectivity index (χ1n) is 8.85. The molecule has 4 nitrogen and oxygen atoms in total. The predicted molar refractivity (Wildman–Crippen MR) is 118 cm³/mol. The summed E-state index contributed by atoms with van der Waals surface area (Å²) in [6.07, 6.45) is 0.372. The SMILES string of the molecule is COC(=O)[C@H](Cc1cccc(I)c1)NC(=O)c1ccc(-c2ccccc2)cc1. The molecule has 0 fully saturated rings. The number of benzene rings is 3. The van der Waals surface area contributed by atoms with Gasteiger partial charge in [-0.3, -0.25) is 4.79 Å². The van der Waals surface area contributed by atoms with Crippen molar-refractivity contribution in [2.24, 2.45) is 0 Å². The molecule has 0 bridgehead atoms. The van der Waals surface area contributed by atoms with Gasteiger partial charge in [-0.05, 0) is 63.5 Å². The molecule has 1 N–H and O–H groups in total. The van der Waals surface area contributed by atoms with Gasteiger partial charge >= 0.3 is 5.97 Å². The lowest BCUT2D eigenvalue weighted by molar-refractivity contribution is -0.142. The van der Waals surface area contributed by atoms with Crippen LogP contribution in [0.5, 0.6) is 0 Å². The van der Waals surface area contributed by atoms with E-state index in [0.717, 1.165) is 20.3 Å². The fraction of sp³-hybridized carbons (Fsp3) is 0.130. The summed E-state index contributed by atoms with van der Waals surface area (Å²) in [6, 6.07) is 24.3. The molecule has 0 heterocycles. The van der Waals surface area contributed by atoms with Gasteiger partial charge in [-0.25, -0.2) is 4.79 Å². The Morgan fingerprint density at radius 1 is 0.929 bits per heavy atom. The highest BCUT2D eigenvalue weighted by Crippen LogP contribution is 2.19. The minimum absolute atomic E-state index is 0.305. The number of amides is 1. The van der Waals surface area contributed by atoms with E-state index in [2.05, 4.69) is 27.9 Å². The molecule has 0 aromatic heterocycles. The lowest BCUT2D eigenvalue weighted by Crippen LogP contribution is -2.43. The number of methoxy groups -OCH3 is 1. The maximum absolute atomic E-state index is 12.7. The zero-order valence-electron chi connectivity index (χ0n) is 15.4. The number of carbonyl (C=O) groups is 2. The van der Waals surface area contributed by atoms with Gasteiger partial charge in [-0.1, -0.05) is 54.6 Å². The van der Waals surface area contributed by atoms with Crippen LogP contribution in [0.3, 0.4) is 0 Å². The van der Waals surface area contributed by atoms with Gasteiger partial charge in [0.15, 0.2) is 0 Å². The van der Waals surface area contributed by atoms with Crippen molar-refractivity contribution in [2.75, 3.05) is 7.11 Å². The summed E-state index contributed by atoms with van der Waals surface area (Å²) >= 11 is 2.22. The van der Waals surface area contributed by atoms with Crippen LogP contribution in [0.15, 0.2) is 78.9 Å². The van der Waals surface area contributed by atoms with Crippen LogP contribution in [0.1, 0.15) is 15.9 Å². The van der Waals surface area contributed by atoms with Crippen molar-refractivity contribution in [3.63, 3.8) is 0 Å². The molecule has 3 aromatic carbocycles. The first-order chi connectivity index (χ1) is 13.6. The molecule has 3 rings (SSSR count). The number of carbonyl (C=O) groups excluding carboxylic acids is 2. The minimum Gasteiger partial charge on any atom is -0.467 e. The molecule has 0 unspecified atom stereocenters. The van der Waals surface area contributed by atoms with E-state index in [0.29, 0.717) is 12.0 Å². The van der Waals surface area contributed by atoms with Crippen LogP contribution >= 0.6 is 22.6 Å². The second-order valence-corrected chi connectivity index (χ2v) is 7.57. The standard InChI is InChI=1S/C23H20INO3/c1-28-23(27)21(15-16-6-5-9-20(24)14-16)25-22(26)19-12-10-18(11-13-19)17-7-3-2-4-8-17/h2-14,21H,15H2,1H3,(H,25,26)/t21-/m0/s1. The maximum Gasteiger partial charge on any atom is 0.328 e. The molecular weight excluding hydrogens is 465 g/mol. The van der Waals surface area contributed by atoms with E-state index in [4.69, 9.17) is 4.74 Å². The Balaban J connectivity index is 1.73. The van der Waals surface area contributed by atoms with Crippen molar-refractivity contribution in [3.8, 4) is 11.1 Å². The van der Waals surface area contributed by atoms with Crippen LogP contribution in [-0.4, -0.2) is 25.0 Å². The summed E-state index contributed by atoms with van der Waals surface area (Å²) in [5.41, 5.74) is 3.57. The maximum atomic E-state index is 12.7. The quantitative estimate of drug-likeness (QED) is 0.414. The Kier molecular flexibility index (Phi) is 6.81. The van der Waals surface area contributed by atoms with Gasteiger partial charge in [0, 0.05) is 15.6 Å². The number of esters is 1. The summed E-state index contributed by atoms with van der Waals surface area (Å²) in [7, 11) is 1.32. The molecule has 3 aromatic rings. The van der Waals surface area contributed by atoms with E-state index >= 15 is 0 Å². The monoisotopic (exact) mass is 485 g/mol. The van der Waals surface area contributed by atoms with Gasteiger partial charge in [0.2, 0.25) is 0 Å². The second-order valence-electron chi connectivity index (χ2n) is 6.33. The Labute approximate surface area is 178 Å². The first-order valence-corrected chi connectivity index (χ1v) is 9.93. The fourth-order valence-corrected chi connectivity index (χ4v) is 3.53. The third kappa shape index (κ3) is 5.19. The molecule has 0 aliphatic carbocycles. The van der Waals surface area contributed by atoms with Gasteiger partial charge in [-0.15, -0.1) is 0 Å². The lowest BCUT2D eigenvalue weighted by Gasteiger charge is -2.17. The minimum atomic E-state index is -0.746. The van der Waals surface area contributed by atoms with Crippen molar-refractivity contribution in [1.29, 1.82) is 0 Å². The Hall–Kier alpha value is -2.67. The molecular formula is C23H20INO3. The first kappa shape index (κ1) is 20.1. The Morgan fingerprint density at radius 2 is 1.61 bits per heavy atom. The van der Waals surface area contributed by atoms with Crippen molar-refractivity contribution >= 4 is 34.5 Å². The molecule has 0 saturated carbocycles. The van der Waals surface area contributed by atoms with Crippen molar-refractivity contribution in [2.45, 2.75) is 12.5 Å². The summed E-state index contributed by atoms with van der Waals surface area (Å²) in [4.78, 5) is 24.8. The summed E-state index contributed by atoms with van der Waals surface area (Å²) in [6.45, 7) is 0. The molecule has 142 valence electrons. The van der Waals surface area contributed by atoms with Crippen LogP contribution in [0.2, 0.25) is 0 Å². The molecule has 0 spiro atoms. The average molecular weight is 485 g/mol. The lowest BCUT2D eigenvalue weighted by atomic mass is 10.0. The molecule has 0 saturated heterocycles. The number of hydrogen-bond donors (Lipinski definition) is 1. The second kappa shape index (κ2) is 9.50. The number of rotatable bonds is 6. The highest BCUT2D eigenvalue weighted by molar-refractivity contribution is 14.1. The molecule has 1 amide bonds. The van der Waals surface area contributed by atoms with Crippen LogP contribution in [0.25, 0.3) is 11.1 Å². The van der Waals surface area contributed by atoms with E-state index < -0.39 is 12.0 Å². The highest BCUT2D eigenvalue weighted by atomic mass is 127. The molecule has 0 radical (unpaired) electrons. The highest BCUT2D eigenvalue weighted by Gasteiger charge is 2.22. The van der Waals surface area contributed by atoms with E-state index in [-0.39, 0.29) is 5.91 Å². The van der Waals surface area contributed by atoms with E-state index in [1.807, 2.05) is 66.7 Å². The summed E-state index contributed by atoms with van der Waals surface area (Å²) in [5.74, 6) is -0.770. The topological polar surface area (TPSA) is 55.4 Å². The average Bonchev–Trinajstić information content (AvgIpc) is 2.73. The number of ether oxygens (including phenoxy) is 1. The van der Waals surface area contributed by atoms with Gasteiger partial charge in [0.05, 0.1) is 7.11 Å². The third-order valence-corrected chi connectivity index (χ3v) is 5.05. The van der Waals surface area contributed by atoms with Crippen LogP contribution < -0.4 is 5.32 Å². The van der Waals surface area contributed by atoms with Gasteiger partial charge < -0.3 is 10.1 Å².